The van der Waals surface area contributed by atoms with Crippen LogP contribution in [0.5, 0.6) is 11.5 Å². The van der Waals surface area contributed by atoms with Crippen molar-refractivity contribution in [1.29, 1.82) is 0 Å². The summed E-state index contributed by atoms with van der Waals surface area (Å²) in [4.78, 5) is 12.4. The van der Waals surface area contributed by atoms with E-state index in [-0.39, 0.29) is 11.3 Å². The van der Waals surface area contributed by atoms with Gasteiger partial charge >= 0.3 is 0 Å². The van der Waals surface area contributed by atoms with Crippen molar-refractivity contribution < 1.29 is 14.3 Å². The number of amides is 1. The highest BCUT2D eigenvalue weighted by Crippen LogP contribution is 2.50. The fourth-order valence-electron chi connectivity index (χ4n) is 2.89. The summed E-state index contributed by atoms with van der Waals surface area (Å²) in [5.41, 5.74) is 1.79. The van der Waals surface area contributed by atoms with Crippen molar-refractivity contribution in [2.45, 2.75) is 18.3 Å². The predicted molar refractivity (Wildman–Crippen MR) is 89.2 cm³/mol. The minimum Gasteiger partial charge on any atom is -0.497 e. The summed E-state index contributed by atoms with van der Waals surface area (Å²) < 4.78 is 10.6. The Kier molecular flexibility index (Phi) is 4.24. The van der Waals surface area contributed by atoms with E-state index in [0.29, 0.717) is 17.9 Å². The number of methoxy groups -OCH3 is 2. The summed E-state index contributed by atoms with van der Waals surface area (Å²) in [7, 11) is 3.28. The third-order valence-electron chi connectivity index (χ3n) is 4.45. The van der Waals surface area contributed by atoms with Crippen molar-refractivity contribution in [2.24, 2.45) is 0 Å². The van der Waals surface area contributed by atoms with E-state index < -0.39 is 0 Å². The predicted octanol–water partition coefficient (Wildman–Crippen LogP) is 3.17. The SMILES string of the molecule is COc1cccc(C(=O)NCC2(c3ccccc3OC)CC2)c1. The molecule has 1 aliphatic rings. The average molecular weight is 311 g/mol. The molecule has 0 aromatic heterocycles. The van der Waals surface area contributed by atoms with E-state index in [1.165, 1.54) is 5.56 Å². The zero-order chi connectivity index (χ0) is 16.3. The van der Waals surface area contributed by atoms with Crippen molar-refractivity contribution in [1.82, 2.24) is 5.32 Å². The van der Waals surface area contributed by atoms with E-state index in [9.17, 15) is 4.79 Å². The van der Waals surface area contributed by atoms with Gasteiger partial charge in [0.1, 0.15) is 11.5 Å². The van der Waals surface area contributed by atoms with Crippen molar-refractivity contribution in [3.63, 3.8) is 0 Å². The molecule has 3 rings (SSSR count). The topological polar surface area (TPSA) is 47.6 Å². The zero-order valence-electron chi connectivity index (χ0n) is 13.5. The number of carbonyl (C=O) groups is 1. The van der Waals surface area contributed by atoms with Gasteiger partial charge in [-0.15, -0.1) is 0 Å². The number of para-hydroxylation sites is 1. The Morgan fingerprint density at radius 3 is 2.57 bits per heavy atom. The van der Waals surface area contributed by atoms with Gasteiger partial charge in [-0.2, -0.15) is 0 Å². The normalized spacial score (nSPS) is 14.9. The van der Waals surface area contributed by atoms with Gasteiger partial charge < -0.3 is 14.8 Å². The molecule has 0 atom stereocenters. The quantitative estimate of drug-likeness (QED) is 0.891. The minimum atomic E-state index is -0.0786. The number of ether oxygens (including phenoxy) is 2. The van der Waals surface area contributed by atoms with Crippen LogP contribution in [0.25, 0.3) is 0 Å². The number of hydrogen-bond acceptors (Lipinski definition) is 3. The Balaban J connectivity index is 1.71. The molecule has 0 heterocycles. The molecule has 1 N–H and O–H groups in total. The van der Waals surface area contributed by atoms with Crippen LogP contribution in [0.3, 0.4) is 0 Å². The summed E-state index contributed by atoms with van der Waals surface area (Å²) in [6, 6.07) is 15.2. The number of rotatable bonds is 6. The standard InChI is InChI=1S/C19H21NO3/c1-22-15-7-5-6-14(12-15)18(21)20-13-19(10-11-19)16-8-3-4-9-17(16)23-2/h3-9,12H,10-11,13H2,1-2H3,(H,20,21). The number of carbonyl (C=O) groups excluding carboxylic acids is 1. The first-order valence-electron chi connectivity index (χ1n) is 7.74. The third kappa shape index (κ3) is 3.16. The molecule has 0 bridgehead atoms. The molecule has 4 nitrogen and oxygen atoms in total. The maximum Gasteiger partial charge on any atom is 0.251 e. The molecule has 0 radical (unpaired) electrons. The van der Waals surface area contributed by atoms with Gasteiger partial charge in [0, 0.05) is 23.1 Å². The van der Waals surface area contributed by atoms with E-state index in [1.54, 1.807) is 26.4 Å². The zero-order valence-corrected chi connectivity index (χ0v) is 13.5. The summed E-state index contributed by atoms with van der Waals surface area (Å²) in [5.74, 6) is 1.49. The Hall–Kier alpha value is -2.49. The summed E-state index contributed by atoms with van der Waals surface area (Å²) in [5, 5.41) is 3.05. The second-order valence-corrected chi connectivity index (χ2v) is 5.90. The molecule has 1 aliphatic carbocycles. The van der Waals surface area contributed by atoms with Crippen molar-refractivity contribution >= 4 is 5.91 Å². The van der Waals surface area contributed by atoms with Crippen molar-refractivity contribution in [2.75, 3.05) is 20.8 Å². The number of hydrogen-bond donors (Lipinski definition) is 1. The molecule has 2 aromatic rings. The van der Waals surface area contributed by atoms with Gasteiger partial charge in [-0.3, -0.25) is 4.79 Å². The molecule has 120 valence electrons. The van der Waals surface area contributed by atoms with Crippen LogP contribution in [-0.2, 0) is 5.41 Å². The average Bonchev–Trinajstić information content (AvgIpc) is 3.40. The Labute approximate surface area is 136 Å². The summed E-state index contributed by atoms with van der Waals surface area (Å²) >= 11 is 0. The second-order valence-electron chi connectivity index (χ2n) is 5.90. The Bertz CT molecular complexity index is 707. The molecule has 0 spiro atoms. The van der Waals surface area contributed by atoms with E-state index in [4.69, 9.17) is 9.47 Å². The molecular weight excluding hydrogens is 290 g/mol. The van der Waals surface area contributed by atoms with Crippen LogP contribution in [0, 0.1) is 0 Å². The van der Waals surface area contributed by atoms with Gasteiger partial charge in [-0.25, -0.2) is 0 Å². The fraction of sp³-hybridized carbons (Fsp3) is 0.316. The van der Waals surface area contributed by atoms with Gasteiger partial charge in [-0.1, -0.05) is 24.3 Å². The molecule has 2 aromatic carbocycles. The second kappa shape index (κ2) is 6.32. The molecular formula is C19H21NO3. The van der Waals surface area contributed by atoms with Crippen LogP contribution < -0.4 is 14.8 Å². The van der Waals surface area contributed by atoms with Crippen LogP contribution in [0.2, 0.25) is 0 Å². The lowest BCUT2D eigenvalue weighted by molar-refractivity contribution is 0.0949. The van der Waals surface area contributed by atoms with Gasteiger partial charge in [0.05, 0.1) is 14.2 Å². The first kappa shape index (κ1) is 15.4. The maximum atomic E-state index is 12.4. The van der Waals surface area contributed by atoms with Crippen LogP contribution >= 0.6 is 0 Å². The van der Waals surface area contributed by atoms with E-state index in [0.717, 1.165) is 18.6 Å². The van der Waals surface area contributed by atoms with Gasteiger partial charge in [-0.05, 0) is 37.1 Å². The van der Waals surface area contributed by atoms with Crippen molar-refractivity contribution in [3.8, 4) is 11.5 Å². The van der Waals surface area contributed by atoms with E-state index >= 15 is 0 Å². The Morgan fingerprint density at radius 1 is 1.09 bits per heavy atom. The van der Waals surface area contributed by atoms with Gasteiger partial charge in [0.2, 0.25) is 0 Å². The largest absolute Gasteiger partial charge is 0.497 e. The van der Waals surface area contributed by atoms with Crippen LogP contribution in [-0.4, -0.2) is 26.7 Å². The van der Waals surface area contributed by atoms with E-state index in [2.05, 4.69) is 11.4 Å². The lowest BCUT2D eigenvalue weighted by Gasteiger charge is -2.19. The highest BCUT2D eigenvalue weighted by atomic mass is 16.5. The molecule has 1 saturated carbocycles. The molecule has 0 aliphatic heterocycles. The van der Waals surface area contributed by atoms with Crippen LogP contribution in [0.15, 0.2) is 48.5 Å². The highest BCUT2D eigenvalue weighted by molar-refractivity contribution is 5.94. The van der Waals surface area contributed by atoms with Crippen molar-refractivity contribution in [3.05, 3.63) is 59.7 Å². The lowest BCUT2D eigenvalue weighted by Crippen LogP contribution is -2.32. The molecule has 1 amide bonds. The van der Waals surface area contributed by atoms with E-state index in [1.807, 2.05) is 30.3 Å². The first-order chi connectivity index (χ1) is 11.2. The minimum absolute atomic E-state index is 0.00112. The number of nitrogens with one attached hydrogen (secondary N) is 1. The maximum absolute atomic E-state index is 12.4. The van der Waals surface area contributed by atoms with Crippen LogP contribution in [0.1, 0.15) is 28.8 Å². The van der Waals surface area contributed by atoms with Gasteiger partial charge in [0.15, 0.2) is 0 Å². The molecule has 4 heteroatoms. The number of benzene rings is 2. The van der Waals surface area contributed by atoms with Crippen LogP contribution in [0.4, 0.5) is 0 Å². The molecule has 1 fully saturated rings. The molecule has 0 saturated heterocycles. The Morgan fingerprint density at radius 2 is 1.87 bits per heavy atom. The monoisotopic (exact) mass is 311 g/mol. The fourth-order valence-corrected chi connectivity index (χ4v) is 2.89. The summed E-state index contributed by atoms with van der Waals surface area (Å²) in [6.45, 7) is 0.615. The van der Waals surface area contributed by atoms with Gasteiger partial charge in [0.25, 0.3) is 5.91 Å². The lowest BCUT2D eigenvalue weighted by atomic mass is 9.94. The highest BCUT2D eigenvalue weighted by Gasteiger charge is 2.46. The summed E-state index contributed by atoms with van der Waals surface area (Å²) in [6.07, 6.45) is 2.12. The molecule has 23 heavy (non-hydrogen) atoms. The molecule has 0 unspecified atom stereocenters. The smallest absolute Gasteiger partial charge is 0.251 e. The first-order valence-corrected chi connectivity index (χ1v) is 7.74. The third-order valence-corrected chi connectivity index (χ3v) is 4.45.